The fraction of sp³-hybridized carbons (Fsp3) is 0.909. The smallest absolute Gasteiger partial charge is 0.235 e. The molecule has 0 spiro atoms. The normalized spacial score (nSPS) is 20.5. The van der Waals surface area contributed by atoms with E-state index >= 15 is 0 Å². The van der Waals surface area contributed by atoms with Crippen LogP contribution in [0.1, 0.15) is 32.1 Å². The minimum Gasteiger partial charge on any atom is -0.396 e. The Bertz CT molecular complexity index is 193. The van der Waals surface area contributed by atoms with Crippen molar-refractivity contribution in [1.29, 1.82) is 0 Å². The molecule has 3 nitrogen and oxygen atoms in total. The SMILES string of the molecule is CN(CCCCCO)C(=O)C1CCCS1. The van der Waals surface area contributed by atoms with Crippen LogP contribution < -0.4 is 0 Å². The Morgan fingerprint density at radius 1 is 1.47 bits per heavy atom. The zero-order valence-electron chi connectivity index (χ0n) is 9.45. The first-order valence-corrected chi connectivity index (χ1v) is 6.78. The van der Waals surface area contributed by atoms with Gasteiger partial charge < -0.3 is 10.0 Å². The van der Waals surface area contributed by atoms with E-state index in [4.69, 9.17) is 5.11 Å². The van der Waals surface area contributed by atoms with E-state index < -0.39 is 0 Å². The highest BCUT2D eigenvalue weighted by Crippen LogP contribution is 2.27. The van der Waals surface area contributed by atoms with E-state index in [0.717, 1.165) is 38.0 Å². The van der Waals surface area contributed by atoms with Gasteiger partial charge in [0, 0.05) is 20.2 Å². The number of aliphatic hydroxyl groups excluding tert-OH is 1. The maximum Gasteiger partial charge on any atom is 0.235 e. The first kappa shape index (κ1) is 12.8. The summed E-state index contributed by atoms with van der Waals surface area (Å²) in [6.45, 7) is 1.09. The number of hydrogen-bond acceptors (Lipinski definition) is 3. The molecule has 0 aromatic heterocycles. The van der Waals surface area contributed by atoms with Gasteiger partial charge in [-0.2, -0.15) is 0 Å². The molecule has 1 saturated heterocycles. The number of thioether (sulfide) groups is 1. The van der Waals surface area contributed by atoms with Gasteiger partial charge in [-0.3, -0.25) is 4.79 Å². The Hall–Kier alpha value is -0.220. The van der Waals surface area contributed by atoms with Gasteiger partial charge in [-0.05, 0) is 37.9 Å². The van der Waals surface area contributed by atoms with Gasteiger partial charge in [0.15, 0.2) is 0 Å². The van der Waals surface area contributed by atoms with Crippen LogP contribution in [0, 0.1) is 0 Å². The third kappa shape index (κ3) is 4.43. The van der Waals surface area contributed by atoms with Crippen LogP contribution in [0.25, 0.3) is 0 Å². The molecule has 0 bridgehead atoms. The number of aliphatic hydroxyl groups is 1. The molecule has 1 N–H and O–H groups in total. The van der Waals surface area contributed by atoms with Gasteiger partial charge in [0.25, 0.3) is 0 Å². The fourth-order valence-electron chi connectivity index (χ4n) is 1.77. The second-order valence-corrected chi connectivity index (χ2v) is 5.36. The third-order valence-electron chi connectivity index (χ3n) is 2.73. The molecule has 1 unspecified atom stereocenters. The van der Waals surface area contributed by atoms with Gasteiger partial charge in [0.05, 0.1) is 5.25 Å². The van der Waals surface area contributed by atoms with Gasteiger partial charge in [-0.25, -0.2) is 0 Å². The lowest BCUT2D eigenvalue weighted by molar-refractivity contribution is -0.129. The summed E-state index contributed by atoms with van der Waals surface area (Å²) >= 11 is 1.79. The van der Waals surface area contributed by atoms with Crippen LogP contribution >= 0.6 is 11.8 Å². The molecule has 1 aliphatic rings. The van der Waals surface area contributed by atoms with Crippen molar-refractivity contribution in [3.05, 3.63) is 0 Å². The third-order valence-corrected chi connectivity index (χ3v) is 4.10. The molecule has 1 rings (SSSR count). The molecular formula is C11H21NO2S. The fourth-order valence-corrected chi connectivity index (χ4v) is 3.04. The van der Waals surface area contributed by atoms with Gasteiger partial charge in [0.1, 0.15) is 0 Å². The van der Waals surface area contributed by atoms with Crippen LogP contribution in [-0.4, -0.2) is 47.1 Å². The quantitative estimate of drug-likeness (QED) is 0.704. The number of hydrogen-bond donors (Lipinski definition) is 1. The van der Waals surface area contributed by atoms with Crippen molar-refractivity contribution in [2.45, 2.75) is 37.4 Å². The highest BCUT2D eigenvalue weighted by atomic mass is 32.2. The van der Waals surface area contributed by atoms with E-state index in [0.29, 0.717) is 5.91 Å². The summed E-state index contributed by atoms with van der Waals surface area (Å²) < 4.78 is 0. The highest BCUT2D eigenvalue weighted by molar-refractivity contribution is 8.00. The molecule has 0 aromatic carbocycles. The Balaban J connectivity index is 2.14. The van der Waals surface area contributed by atoms with Crippen LogP contribution in [0.4, 0.5) is 0 Å². The molecule has 88 valence electrons. The highest BCUT2D eigenvalue weighted by Gasteiger charge is 2.25. The van der Waals surface area contributed by atoms with Crippen molar-refractivity contribution in [3.63, 3.8) is 0 Å². The lowest BCUT2D eigenvalue weighted by Crippen LogP contribution is -2.34. The summed E-state index contributed by atoms with van der Waals surface area (Å²) in [5.74, 6) is 1.43. The molecule has 0 radical (unpaired) electrons. The molecule has 4 heteroatoms. The average molecular weight is 231 g/mol. The molecule has 1 aliphatic heterocycles. The Morgan fingerprint density at radius 3 is 2.87 bits per heavy atom. The molecule has 0 saturated carbocycles. The van der Waals surface area contributed by atoms with Gasteiger partial charge >= 0.3 is 0 Å². The largest absolute Gasteiger partial charge is 0.396 e. The van der Waals surface area contributed by atoms with Crippen LogP contribution in [0.15, 0.2) is 0 Å². The van der Waals surface area contributed by atoms with E-state index in [1.807, 2.05) is 11.9 Å². The molecule has 1 amide bonds. The number of nitrogens with zero attached hydrogens (tertiary/aromatic N) is 1. The molecular weight excluding hydrogens is 210 g/mol. The predicted molar refractivity (Wildman–Crippen MR) is 64.1 cm³/mol. The van der Waals surface area contributed by atoms with Crippen molar-refractivity contribution in [3.8, 4) is 0 Å². The van der Waals surface area contributed by atoms with E-state index in [-0.39, 0.29) is 11.9 Å². The molecule has 0 aliphatic carbocycles. The number of amides is 1. The first-order chi connectivity index (χ1) is 7.25. The van der Waals surface area contributed by atoms with Crippen LogP contribution in [-0.2, 0) is 4.79 Å². The molecule has 1 heterocycles. The zero-order valence-corrected chi connectivity index (χ0v) is 10.3. The van der Waals surface area contributed by atoms with Crippen molar-refractivity contribution in [2.75, 3.05) is 26.0 Å². The molecule has 1 atom stereocenters. The second-order valence-electron chi connectivity index (χ2n) is 4.05. The zero-order chi connectivity index (χ0) is 11.1. The standard InChI is InChI=1S/C11H21NO2S/c1-12(7-3-2-4-8-13)11(14)10-6-5-9-15-10/h10,13H,2-9H2,1H3. The topological polar surface area (TPSA) is 40.5 Å². The lowest BCUT2D eigenvalue weighted by atomic mass is 10.2. The molecule has 0 aromatic rings. The summed E-state index contributed by atoms with van der Waals surface area (Å²) in [6, 6.07) is 0. The van der Waals surface area contributed by atoms with Gasteiger partial charge in [-0.1, -0.05) is 0 Å². The van der Waals surface area contributed by atoms with Crippen molar-refractivity contribution in [1.82, 2.24) is 4.90 Å². The average Bonchev–Trinajstić information content (AvgIpc) is 2.76. The molecule has 1 fully saturated rings. The van der Waals surface area contributed by atoms with Crippen molar-refractivity contribution < 1.29 is 9.90 Å². The Kier molecular flexibility index (Phi) is 6.10. The summed E-state index contributed by atoms with van der Waals surface area (Å²) in [5, 5.41) is 8.84. The number of carbonyl (C=O) groups is 1. The van der Waals surface area contributed by atoms with E-state index in [2.05, 4.69) is 0 Å². The maximum atomic E-state index is 11.9. The minimum atomic E-state index is 0.216. The van der Waals surface area contributed by atoms with Gasteiger partial charge in [-0.15, -0.1) is 11.8 Å². The number of carbonyl (C=O) groups excluding carboxylic acids is 1. The maximum absolute atomic E-state index is 11.9. The van der Waals surface area contributed by atoms with E-state index in [1.165, 1.54) is 6.42 Å². The second kappa shape index (κ2) is 7.12. The van der Waals surface area contributed by atoms with E-state index in [9.17, 15) is 4.79 Å². The lowest BCUT2D eigenvalue weighted by Gasteiger charge is -2.20. The van der Waals surface area contributed by atoms with Crippen LogP contribution in [0.5, 0.6) is 0 Å². The summed E-state index contributed by atoms with van der Waals surface area (Å²) in [5.41, 5.74) is 0. The van der Waals surface area contributed by atoms with Crippen molar-refractivity contribution >= 4 is 17.7 Å². The van der Waals surface area contributed by atoms with Gasteiger partial charge in [0.2, 0.25) is 5.91 Å². The Morgan fingerprint density at radius 2 is 2.27 bits per heavy atom. The number of rotatable bonds is 6. The first-order valence-electron chi connectivity index (χ1n) is 5.73. The molecule has 15 heavy (non-hydrogen) atoms. The predicted octanol–water partition coefficient (Wildman–Crippen LogP) is 1.50. The van der Waals surface area contributed by atoms with Crippen LogP contribution in [0.3, 0.4) is 0 Å². The number of unbranched alkanes of at least 4 members (excludes halogenated alkanes) is 2. The summed E-state index contributed by atoms with van der Waals surface area (Å²) in [4.78, 5) is 13.7. The van der Waals surface area contributed by atoms with Crippen LogP contribution in [0.2, 0.25) is 0 Å². The summed E-state index contributed by atoms with van der Waals surface area (Å²) in [7, 11) is 1.89. The van der Waals surface area contributed by atoms with Crippen molar-refractivity contribution in [2.24, 2.45) is 0 Å². The summed E-state index contributed by atoms with van der Waals surface area (Å²) in [6.07, 6.45) is 5.08. The Labute approximate surface area is 96.2 Å². The monoisotopic (exact) mass is 231 g/mol. The van der Waals surface area contributed by atoms with E-state index in [1.54, 1.807) is 11.8 Å². The minimum absolute atomic E-state index is 0.216.